The van der Waals surface area contributed by atoms with E-state index in [0.717, 1.165) is 16.7 Å². The molecule has 0 fully saturated rings. The normalized spacial score (nSPS) is 12.4. The van der Waals surface area contributed by atoms with E-state index in [9.17, 15) is 0 Å². The molecule has 1 atom stereocenters. The largest absolute Gasteiger partial charge is 0.275 e. The standard InChI is InChI=1S/C15H18N4/c1-11(2)15(4-5-16)13-6-12(7-17-8-13)14-9-18-19(3)10-14/h6-11,15H,4H2,1-3H3. The molecular weight excluding hydrogens is 236 g/mol. The average Bonchev–Trinajstić information content (AvgIpc) is 2.82. The van der Waals surface area contributed by atoms with Crippen LogP contribution in [-0.4, -0.2) is 14.8 Å². The maximum atomic E-state index is 8.95. The van der Waals surface area contributed by atoms with Crippen molar-refractivity contribution in [3.05, 3.63) is 36.4 Å². The fourth-order valence-electron chi connectivity index (χ4n) is 2.23. The van der Waals surface area contributed by atoms with Crippen LogP contribution in [0.2, 0.25) is 0 Å². The molecule has 0 amide bonds. The van der Waals surface area contributed by atoms with Gasteiger partial charge in [0, 0.05) is 49.1 Å². The number of aromatic nitrogens is 3. The summed E-state index contributed by atoms with van der Waals surface area (Å²) < 4.78 is 1.78. The van der Waals surface area contributed by atoms with Crippen LogP contribution in [0.1, 0.15) is 31.7 Å². The van der Waals surface area contributed by atoms with E-state index in [2.05, 4.69) is 36.1 Å². The Balaban J connectivity index is 2.36. The number of nitrogens with zero attached hydrogens (tertiary/aromatic N) is 4. The van der Waals surface area contributed by atoms with Gasteiger partial charge in [-0.05, 0) is 17.5 Å². The second kappa shape index (κ2) is 5.66. The summed E-state index contributed by atoms with van der Waals surface area (Å²) in [5.41, 5.74) is 3.23. The number of aryl methyl sites for hydroxylation is 1. The highest BCUT2D eigenvalue weighted by molar-refractivity contribution is 5.61. The van der Waals surface area contributed by atoms with Gasteiger partial charge >= 0.3 is 0 Å². The smallest absolute Gasteiger partial charge is 0.0628 e. The van der Waals surface area contributed by atoms with Gasteiger partial charge in [-0.3, -0.25) is 9.67 Å². The molecule has 0 spiro atoms. The van der Waals surface area contributed by atoms with E-state index in [1.807, 2.05) is 31.8 Å². The minimum absolute atomic E-state index is 0.231. The maximum Gasteiger partial charge on any atom is 0.0628 e. The van der Waals surface area contributed by atoms with Crippen LogP contribution in [0.15, 0.2) is 30.9 Å². The minimum atomic E-state index is 0.231. The zero-order valence-electron chi connectivity index (χ0n) is 11.5. The molecule has 0 aliphatic heterocycles. The number of hydrogen-bond acceptors (Lipinski definition) is 3. The topological polar surface area (TPSA) is 54.5 Å². The van der Waals surface area contributed by atoms with Gasteiger partial charge in [0.2, 0.25) is 0 Å². The summed E-state index contributed by atoms with van der Waals surface area (Å²) in [6.45, 7) is 4.28. The molecule has 0 aromatic carbocycles. The van der Waals surface area contributed by atoms with Crippen molar-refractivity contribution in [3.63, 3.8) is 0 Å². The first kappa shape index (κ1) is 13.3. The third kappa shape index (κ3) is 3.00. The average molecular weight is 254 g/mol. The summed E-state index contributed by atoms with van der Waals surface area (Å²) in [5.74, 6) is 0.653. The number of pyridine rings is 1. The van der Waals surface area contributed by atoms with Crippen LogP contribution < -0.4 is 0 Å². The van der Waals surface area contributed by atoms with Gasteiger partial charge in [0.25, 0.3) is 0 Å². The van der Waals surface area contributed by atoms with Crippen molar-refractivity contribution < 1.29 is 0 Å². The fraction of sp³-hybridized carbons (Fsp3) is 0.400. The van der Waals surface area contributed by atoms with Crippen molar-refractivity contribution in [1.29, 1.82) is 5.26 Å². The van der Waals surface area contributed by atoms with E-state index >= 15 is 0 Å². The summed E-state index contributed by atoms with van der Waals surface area (Å²) in [6.07, 6.45) is 8.02. The van der Waals surface area contributed by atoms with Crippen LogP contribution in [0.25, 0.3) is 11.1 Å². The molecule has 2 heterocycles. The van der Waals surface area contributed by atoms with Crippen LogP contribution in [0, 0.1) is 17.2 Å². The van der Waals surface area contributed by atoms with Crippen LogP contribution >= 0.6 is 0 Å². The summed E-state index contributed by atoms with van der Waals surface area (Å²) in [4.78, 5) is 4.31. The van der Waals surface area contributed by atoms with Crippen LogP contribution in [-0.2, 0) is 7.05 Å². The molecule has 0 saturated heterocycles. The zero-order valence-corrected chi connectivity index (χ0v) is 11.5. The zero-order chi connectivity index (χ0) is 13.8. The van der Waals surface area contributed by atoms with Crippen molar-refractivity contribution in [2.24, 2.45) is 13.0 Å². The number of rotatable bonds is 4. The van der Waals surface area contributed by atoms with Crippen molar-refractivity contribution in [2.75, 3.05) is 0 Å². The molecule has 2 rings (SSSR count). The minimum Gasteiger partial charge on any atom is -0.275 e. The van der Waals surface area contributed by atoms with Crippen LogP contribution in [0.3, 0.4) is 0 Å². The Morgan fingerprint density at radius 2 is 2.05 bits per heavy atom. The van der Waals surface area contributed by atoms with E-state index < -0.39 is 0 Å². The van der Waals surface area contributed by atoms with E-state index in [0.29, 0.717) is 12.3 Å². The van der Waals surface area contributed by atoms with Gasteiger partial charge < -0.3 is 0 Å². The quantitative estimate of drug-likeness (QED) is 0.842. The predicted octanol–water partition coefficient (Wildman–Crippen LogP) is 3.14. The second-order valence-electron chi connectivity index (χ2n) is 5.12. The fourth-order valence-corrected chi connectivity index (χ4v) is 2.23. The highest BCUT2D eigenvalue weighted by Crippen LogP contribution is 2.29. The van der Waals surface area contributed by atoms with Crippen molar-refractivity contribution in [2.45, 2.75) is 26.2 Å². The number of hydrogen-bond donors (Lipinski definition) is 0. The lowest BCUT2D eigenvalue weighted by Crippen LogP contribution is -2.06. The molecule has 98 valence electrons. The van der Waals surface area contributed by atoms with Gasteiger partial charge in [0.05, 0.1) is 12.3 Å². The van der Waals surface area contributed by atoms with Gasteiger partial charge in [0.15, 0.2) is 0 Å². The Morgan fingerprint density at radius 3 is 2.63 bits per heavy atom. The summed E-state index contributed by atoms with van der Waals surface area (Å²) in [6, 6.07) is 4.38. The highest BCUT2D eigenvalue weighted by atomic mass is 15.2. The monoisotopic (exact) mass is 254 g/mol. The SMILES string of the molecule is CC(C)C(CC#N)c1cncc(-c2cnn(C)c2)c1. The maximum absolute atomic E-state index is 8.95. The van der Waals surface area contributed by atoms with E-state index in [1.54, 1.807) is 4.68 Å². The molecular formula is C15H18N4. The highest BCUT2D eigenvalue weighted by Gasteiger charge is 2.16. The van der Waals surface area contributed by atoms with Gasteiger partial charge in [-0.2, -0.15) is 10.4 Å². The predicted molar refractivity (Wildman–Crippen MR) is 74.2 cm³/mol. The third-order valence-electron chi connectivity index (χ3n) is 3.34. The number of nitriles is 1. The molecule has 0 saturated carbocycles. The first-order valence-electron chi connectivity index (χ1n) is 6.42. The van der Waals surface area contributed by atoms with Crippen molar-refractivity contribution in [1.82, 2.24) is 14.8 Å². The summed E-state index contributed by atoms with van der Waals surface area (Å²) in [5, 5.41) is 13.1. The summed E-state index contributed by atoms with van der Waals surface area (Å²) >= 11 is 0. The molecule has 4 heteroatoms. The Labute approximate surface area is 113 Å². The van der Waals surface area contributed by atoms with E-state index in [4.69, 9.17) is 5.26 Å². The van der Waals surface area contributed by atoms with Crippen LogP contribution in [0.5, 0.6) is 0 Å². The summed E-state index contributed by atoms with van der Waals surface area (Å²) in [7, 11) is 1.90. The van der Waals surface area contributed by atoms with E-state index in [1.165, 1.54) is 0 Å². The first-order chi connectivity index (χ1) is 9.11. The lowest BCUT2D eigenvalue weighted by atomic mass is 9.86. The molecule has 0 aliphatic rings. The molecule has 2 aromatic rings. The van der Waals surface area contributed by atoms with Crippen molar-refractivity contribution >= 4 is 0 Å². The van der Waals surface area contributed by atoms with E-state index in [-0.39, 0.29) is 5.92 Å². The lowest BCUT2D eigenvalue weighted by Gasteiger charge is -2.18. The molecule has 2 aromatic heterocycles. The van der Waals surface area contributed by atoms with Gasteiger partial charge in [-0.15, -0.1) is 0 Å². The second-order valence-corrected chi connectivity index (χ2v) is 5.12. The lowest BCUT2D eigenvalue weighted by molar-refractivity contribution is 0.505. The van der Waals surface area contributed by atoms with Gasteiger partial charge in [-0.25, -0.2) is 0 Å². The third-order valence-corrected chi connectivity index (χ3v) is 3.34. The Morgan fingerprint density at radius 1 is 1.26 bits per heavy atom. The van der Waals surface area contributed by atoms with Crippen molar-refractivity contribution in [3.8, 4) is 17.2 Å². The van der Waals surface area contributed by atoms with Gasteiger partial charge in [-0.1, -0.05) is 13.8 Å². The van der Waals surface area contributed by atoms with Crippen LogP contribution in [0.4, 0.5) is 0 Å². The molecule has 4 nitrogen and oxygen atoms in total. The molecule has 19 heavy (non-hydrogen) atoms. The Kier molecular flexibility index (Phi) is 3.96. The molecule has 0 bridgehead atoms. The molecule has 1 unspecified atom stereocenters. The Bertz CT molecular complexity index is 592. The molecule has 0 radical (unpaired) electrons. The molecule has 0 N–H and O–H groups in total. The first-order valence-corrected chi connectivity index (χ1v) is 6.42. The van der Waals surface area contributed by atoms with Gasteiger partial charge in [0.1, 0.15) is 0 Å². The molecule has 0 aliphatic carbocycles. The Hall–Kier alpha value is -2.15.